The summed E-state index contributed by atoms with van der Waals surface area (Å²) in [5.41, 5.74) is 10.4. The Kier molecular flexibility index (Phi) is 4.10. The molecule has 1 atom stereocenters. The highest BCUT2D eigenvalue weighted by molar-refractivity contribution is 5.74. The molecule has 0 saturated heterocycles. The molecule has 0 amide bonds. The minimum absolute atomic E-state index is 0.612. The molecule has 0 aliphatic heterocycles. The first kappa shape index (κ1) is 13.5. The van der Waals surface area contributed by atoms with E-state index in [9.17, 15) is 0 Å². The number of rotatable bonds is 4. The van der Waals surface area contributed by atoms with Gasteiger partial charge >= 0.3 is 0 Å². The van der Waals surface area contributed by atoms with Gasteiger partial charge in [0.15, 0.2) is 0 Å². The molecule has 0 aliphatic carbocycles. The molecule has 0 bridgehead atoms. The molecule has 0 radical (unpaired) electrons. The fourth-order valence-electron chi connectivity index (χ4n) is 2.19. The number of benzene rings is 2. The lowest BCUT2D eigenvalue weighted by Crippen LogP contribution is -2.11. The van der Waals surface area contributed by atoms with E-state index in [1.54, 1.807) is 0 Å². The van der Waals surface area contributed by atoms with Crippen LogP contribution in [0.25, 0.3) is 0 Å². The van der Waals surface area contributed by atoms with E-state index in [-0.39, 0.29) is 0 Å². The van der Waals surface area contributed by atoms with Gasteiger partial charge in [-0.2, -0.15) is 0 Å². The van der Waals surface area contributed by atoms with Crippen LogP contribution in [0.3, 0.4) is 0 Å². The Morgan fingerprint density at radius 2 is 1.68 bits per heavy atom. The Bertz CT molecular complexity index is 531. The molecule has 0 spiro atoms. The molecule has 2 aromatic carbocycles. The largest absolute Gasteiger partial charge is 0.397 e. The van der Waals surface area contributed by atoms with Crippen molar-refractivity contribution in [2.24, 2.45) is 0 Å². The van der Waals surface area contributed by atoms with Crippen LogP contribution in [0.1, 0.15) is 31.7 Å². The Labute approximate surface area is 115 Å². The van der Waals surface area contributed by atoms with Crippen molar-refractivity contribution in [2.75, 3.05) is 17.7 Å². The van der Waals surface area contributed by atoms with Crippen molar-refractivity contribution in [3.05, 3.63) is 54.1 Å². The van der Waals surface area contributed by atoms with E-state index in [1.807, 2.05) is 31.3 Å². The van der Waals surface area contributed by atoms with Gasteiger partial charge in [0.05, 0.1) is 11.4 Å². The van der Waals surface area contributed by atoms with Crippen molar-refractivity contribution in [3.63, 3.8) is 0 Å². The molecule has 19 heavy (non-hydrogen) atoms. The van der Waals surface area contributed by atoms with Gasteiger partial charge < -0.3 is 10.6 Å². The van der Waals surface area contributed by atoms with Crippen LogP contribution in [-0.4, -0.2) is 7.05 Å². The predicted molar refractivity (Wildman–Crippen MR) is 84.1 cm³/mol. The van der Waals surface area contributed by atoms with Crippen LogP contribution >= 0.6 is 0 Å². The van der Waals surface area contributed by atoms with E-state index < -0.39 is 0 Å². The summed E-state index contributed by atoms with van der Waals surface area (Å²) >= 11 is 0. The van der Waals surface area contributed by atoms with Crippen LogP contribution in [0.2, 0.25) is 0 Å². The van der Waals surface area contributed by atoms with Gasteiger partial charge in [-0.3, -0.25) is 0 Å². The summed E-state index contributed by atoms with van der Waals surface area (Å²) in [5, 5.41) is 0. The molecule has 0 aliphatic rings. The zero-order chi connectivity index (χ0) is 13.8. The number of hydrogen-bond donors (Lipinski definition) is 1. The smallest absolute Gasteiger partial charge is 0.0641 e. The summed E-state index contributed by atoms with van der Waals surface area (Å²) in [4.78, 5) is 2.12. The van der Waals surface area contributed by atoms with Crippen LogP contribution in [0, 0.1) is 0 Å². The van der Waals surface area contributed by atoms with Crippen molar-refractivity contribution in [2.45, 2.75) is 26.2 Å². The second kappa shape index (κ2) is 5.79. The van der Waals surface area contributed by atoms with Crippen LogP contribution in [-0.2, 0) is 0 Å². The zero-order valence-electron chi connectivity index (χ0n) is 11.9. The molecular weight excluding hydrogens is 232 g/mol. The Morgan fingerprint density at radius 3 is 2.26 bits per heavy atom. The number of para-hydroxylation sites is 2. The van der Waals surface area contributed by atoms with Gasteiger partial charge in [-0.25, -0.2) is 0 Å². The van der Waals surface area contributed by atoms with Gasteiger partial charge in [-0.1, -0.05) is 38.1 Å². The molecule has 0 aromatic heterocycles. The number of nitrogens with two attached hydrogens (primary N) is 1. The standard InChI is InChI=1S/C17H22N2/c1-4-13(2)14-9-11-15(12-10-14)19(3)17-8-6-5-7-16(17)18/h5-13H,4,18H2,1-3H3. The van der Waals surface area contributed by atoms with Gasteiger partial charge in [-0.15, -0.1) is 0 Å². The molecule has 2 N–H and O–H groups in total. The first-order chi connectivity index (χ1) is 9.13. The molecular formula is C17H22N2. The van der Waals surface area contributed by atoms with Crippen molar-refractivity contribution >= 4 is 17.1 Å². The average Bonchev–Trinajstić information content (AvgIpc) is 2.46. The topological polar surface area (TPSA) is 29.3 Å². The lowest BCUT2D eigenvalue weighted by molar-refractivity contribution is 0.733. The molecule has 100 valence electrons. The maximum Gasteiger partial charge on any atom is 0.0641 e. The van der Waals surface area contributed by atoms with Crippen LogP contribution < -0.4 is 10.6 Å². The third kappa shape index (κ3) is 2.90. The van der Waals surface area contributed by atoms with E-state index in [0.717, 1.165) is 17.1 Å². The van der Waals surface area contributed by atoms with Gasteiger partial charge in [-0.05, 0) is 42.2 Å². The minimum Gasteiger partial charge on any atom is -0.397 e. The summed E-state index contributed by atoms with van der Waals surface area (Å²) in [5.74, 6) is 0.612. The van der Waals surface area contributed by atoms with Crippen molar-refractivity contribution in [1.29, 1.82) is 0 Å². The third-order valence-corrected chi connectivity index (χ3v) is 3.76. The zero-order valence-corrected chi connectivity index (χ0v) is 11.9. The lowest BCUT2D eigenvalue weighted by Gasteiger charge is -2.22. The highest BCUT2D eigenvalue weighted by Gasteiger charge is 2.08. The normalized spacial score (nSPS) is 12.2. The second-order valence-corrected chi connectivity index (χ2v) is 5.02. The quantitative estimate of drug-likeness (QED) is 0.811. The van der Waals surface area contributed by atoms with E-state index in [4.69, 9.17) is 5.73 Å². The maximum atomic E-state index is 6.02. The number of nitrogens with zero attached hydrogens (tertiary/aromatic N) is 1. The summed E-state index contributed by atoms with van der Waals surface area (Å²) in [7, 11) is 2.05. The summed E-state index contributed by atoms with van der Waals surface area (Å²) in [6, 6.07) is 16.7. The first-order valence-corrected chi connectivity index (χ1v) is 6.81. The lowest BCUT2D eigenvalue weighted by atomic mass is 9.98. The van der Waals surface area contributed by atoms with E-state index in [0.29, 0.717) is 5.92 Å². The molecule has 2 aromatic rings. The Hall–Kier alpha value is -1.96. The van der Waals surface area contributed by atoms with Crippen molar-refractivity contribution in [1.82, 2.24) is 0 Å². The van der Waals surface area contributed by atoms with Gasteiger partial charge in [0.25, 0.3) is 0 Å². The number of hydrogen-bond acceptors (Lipinski definition) is 2. The third-order valence-electron chi connectivity index (χ3n) is 3.76. The Balaban J connectivity index is 2.25. The SMILES string of the molecule is CCC(C)c1ccc(N(C)c2ccccc2N)cc1. The fraction of sp³-hybridized carbons (Fsp3) is 0.294. The molecule has 0 heterocycles. The van der Waals surface area contributed by atoms with Gasteiger partial charge in [0.1, 0.15) is 0 Å². The Morgan fingerprint density at radius 1 is 1.05 bits per heavy atom. The summed E-state index contributed by atoms with van der Waals surface area (Å²) < 4.78 is 0. The van der Waals surface area contributed by atoms with Crippen LogP contribution in [0.15, 0.2) is 48.5 Å². The first-order valence-electron chi connectivity index (χ1n) is 6.81. The maximum absolute atomic E-state index is 6.02. The molecule has 2 nitrogen and oxygen atoms in total. The molecule has 1 unspecified atom stereocenters. The molecule has 0 fully saturated rings. The molecule has 0 saturated carbocycles. The van der Waals surface area contributed by atoms with Crippen LogP contribution in [0.4, 0.5) is 17.1 Å². The number of anilines is 3. The van der Waals surface area contributed by atoms with Crippen molar-refractivity contribution < 1.29 is 0 Å². The monoisotopic (exact) mass is 254 g/mol. The van der Waals surface area contributed by atoms with Crippen molar-refractivity contribution in [3.8, 4) is 0 Å². The molecule has 2 heteroatoms. The second-order valence-electron chi connectivity index (χ2n) is 5.02. The predicted octanol–water partition coefficient (Wildman–Crippen LogP) is 4.55. The average molecular weight is 254 g/mol. The van der Waals surface area contributed by atoms with Gasteiger partial charge in [0.2, 0.25) is 0 Å². The van der Waals surface area contributed by atoms with E-state index in [1.165, 1.54) is 12.0 Å². The molecule has 2 rings (SSSR count). The highest BCUT2D eigenvalue weighted by Crippen LogP contribution is 2.29. The number of nitrogen functional groups attached to an aromatic ring is 1. The van der Waals surface area contributed by atoms with E-state index in [2.05, 4.69) is 43.0 Å². The van der Waals surface area contributed by atoms with Crippen LogP contribution in [0.5, 0.6) is 0 Å². The summed E-state index contributed by atoms with van der Waals surface area (Å²) in [6.07, 6.45) is 1.17. The minimum atomic E-state index is 0.612. The van der Waals surface area contributed by atoms with E-state index >= 15 is 0 Å². The summed E-state index contributed by atoms with van der Waals surface area (Å²) in [6.45, 7) is 4.48. The fourth-order valence-corrected chi connectivity index (χ4v) is 2.19. The highest BCUT2D eigenvalue weighted by atomic mass is 15.1. The van der Waals surface area contributed by atoms with Gasteiger partial charge in [0, 0.05) is 12.7 Å².